The second kappa shape index (κ2) is 7.43. The second-order valence-corrected chi connectivity index (χ2v) is 8.64. The summed E-state index contributed by atoms with van der Waals surface area (Å²) in [5.74, 6) is 2.10. The van der Waals surface area contributed by atoms with Gasteiger partial charge in [0.15, 0.2) is 5.76 Å². The Hall–Kier alpha value is -2.21. The summed E-state index contributed by atoms with van der Waals surface area (Å²) >= 11 is 1.69. The van der Waals surface area contributed by atoms with Crippen LogP contribution < -0.4 is 0 Å². The van der Waals surface area contributed by atoms with Crippen LogP contribution in [0.3, 0.4) is 0 Å². The lowest BCUT2D eigenvalue weighted by Gasteiger charge is -2.38. The molecule has 2 saturated heterocycles. The number of piperidine rings is 1. The molecule has 5 nitrogen and oxygen atoms in total. The zero-order valence-electron chi connectivity index (χ0n) is 15.5. The molecule has 142 valence electrons. The average molecular weight is 385 g/mol. The van der Waals surface area contributed by atoms with Crippen molar-refractivity contribution in [1.29, 1.82) is 0 Å². The molecule has 1 spiro atoms. The number of likely N-dealkylation sites (tertiary alicyclic amines) is 2. The van der Waals surface area contributed by atoms with Crippen molar-refractivity contribution in [3.05, 3.63) is 54.0 Å². The molecule has 0 bridgehead atoms. The van der Waals surface area contributed by atoms with Crippen molar-refractivity contribution < 1.29 is 14.0 Å². The van der Waals surface area contributed by atoms with Gasteiger partial charge >= 0.3 is 0 Å². The van der Waals surface area contributed by atoms with E-state index in [1.54, 1.807) is 17.8 Å². The van der Waals surface area contributed by atoms with Gasteiger partial charge in [-0.15, -0.1) is 11.8 Å². The van der Waals surface area contributed by atoms with Crippen molar-refractivity contribution in [2.45, 2.75) is 29.9 Å². The molecule has 27 heavy (non-hydrogen) atoms. The summed E-state index contributed by atoms with van der Waals surface area (Å²) in [4.78, 5) is 29.5. The number of amides is 2. The lowest BCUT2D eigenvalue weighted by atomic mass is 9.77. The number of hydrogen-bond acceptors (Lipinski definition) is 4. The van der Waals surface area contributed by atoms with Crippen molar-refractivity contribution >= 4 is 23.6 Å². The Labute approximate surface area is 163 Å². The molecular weight excluding hydrogens is 360 g/mol. The Balaban J connectivity index is 1.33. The van der Waals surface area contributed by atoms with Crippen LogP contribution in [0.4, 0.5) is 0 Å². The Kier molecular flexibility index (Phi) is 5.00. The molecule has 0 unspecified atom stereocenters. The van der Waals surface area contributed by atoms with Crippen molar-refractivity contribution in [2.24, 2.45) is 5.41 Å². The topological polar surface area (TPSA) is 53.8 Å². The Morgan fingerprint density at radius 1 is 1.15 bits per heavy atom. The lowest BCUT2D eigenvalue weighted by Crippen LogP contribution is -2.44. The standard InChI is InChI=1S/C21H24N2O3S/c1-22-15-21(13-19(22)24)9-11-23(12-10-21)20(25)18-8-7-16(26-18)14-27-17-5-3-2-4-6-17/h2-8H,9-15H2,1H3. The molecule has 2 fully saturated rings. The number of carbonyl (C=O) groups excluding carboxylic acids is 2. The molecule has 1 aromatic heterocycles. The fourth-order valence-electron chi connectivity index (χ4n) is 4.02. The van der Waals surface area contributed by atoms with Crippen LogP contribution in [0.1, 0.15) is 35.6 Å². The first kappa shape index (κ1) is 18.2. The van der Waals surface area contributed by atoms with E-state index >= 15 is 0 Å². The van der Waals surface area contributed by atoms with E-state index in [0.29, 0.717) is 31.0 Å². The fourth-order valence-corrected chi connectivity index (χ4v) is 4.83. The highest BCUT2D eigenvalue weighted by Gasteiger charge is 2.44. The third kappa shape index (κ3) is 3.90. The highest BCUT2D eigenvalue weighted by Crippen LogP contribution is 2.40. The third-order valence-electron chi connectivity index (χ3n) is 5.63. The van der Waals surface area contributed by atoms with E-state index in [4.69, 9.17) is 4.42 Å². The van der Waals surface area contributed by atoms with Gasteiger partial charge in [0.05, 0.1) is 5.75 Å². The molecule has 2 aliphatic heterocycles. The summed E-state index contributed by atoms with van der Waals surface area (Å²) in [6, 6.07) is 13.8. The van der Waals surface area contributed by atoms with Crippen LogP contribution >= 0.6 is 11.8 Å². The lowest BCUT2D eigenvalue weighted by molar-refractivity contribution is -0.126. The average Bonchev–Trinajstić information content (AvgIpc) is 3.26. The first-order valence-electron chi connectivity index (χ1n) is 9.35. The molecule has 2 amide bonds. The number of nitrogens with zero attached hydrogens (tertiary/aromatic N) is 2. The van der Waals surface area contributed by atoms with E-state index in [-0.39, 0.29) is 17.2 Å². The quantitative estimate of drug-likeness (QED) is 0.755. The molecule has 0 saturated carbocycles. The van der Waals surface area contributed by atoms with E-state index in [2.05, 4.69) is 12.1 Å². The van der Waals surface area contributed by atoms with Crippen molar-refractivity contribution in [2.75, 3.05) is 26.7 Å². The summed E-state index contributed by atoms with van der Waals surface area (Å²) in [6.45, 7) is 2.19. The highest BCUT2D eigenvalue weighted by atomic mass is 32.2. The van der Waals surface area contributed by atoms with Gasteiger partial charge in [0, 0.05) is 43.4 Å². The van der Waals surface area contributed by atoms with Crippen LogP contribution in [-0.2, 0) is 10.5 Å². The zero-order chi connectivity index (χ0) is 18.9. The number of carbonyl (C=O) groups is 2. The number of rotatable bonds is 4. The van der Waals surface area contributed by atoms with E-state index < -0.39 is 0 Å². The summed E-state index contributed by atoms with van der Waals surface area (Å²) in [6.07, 6.45) is 2.38. The summed E-state index contributed by atoms with van der Waals surface area (Å²) in [5, 5.41) is 0. The minimum atomic E-state index is -0.0431. The van der Waals surface area contributed by atoms with Crippen LogP contribution in [0, 0.1) is 5.41 Å². The largest absolute Gasteiger partial charge is 0.455 e. The molecule has 6 heteroatoms. The molecule has 4 rings (SSSR count). The Morgan fingerprint density at radius 2 is 1.89 bits per heavy atom. The van der Waals surface area contributed by atoms with Gasteiger partial charge in [-0.2, -0.15) is 0 Å². The van der Waals surface area contributed by atoms with Gasteiger partial charge < -0.3 is 14.2 Å². The molecule has 2 aliphatic rings. The van der Waals surface area contributed by atoms with Crippen molar-refractivity contribution in [3.8, 4) is 0 Å². The first-order chi connectivity index (χ1) is 13.0. The zero-order valence-corrected chi connectivity index (χ0v) is 16.3. The normalized spacial score (nSPS) is 19.1. The van der Waals surface area contributed by atoms with E-state index in [9.17, 15) is 9.59 Å². The van der Waals surface area contributed by atoms with Gasteiger partial charge in [-0.1, -0.05) is 18.2 Å². The van der Waals surface area contributed by atoms with Crippen LogP contribution in [-0.4, -0.2) is 48.3 Å². The van der Waals surface area contributed by atoms with Crippen molar-refractivity contribution in [3.63, 3.8) is 0 Å². The number of hydrogen-bond donors (Lipinski definition) is 0. The van der Waals surface area contributed by atoms with Gasteiger partial charge in [0.1, 0.15) is 5.76 Å². The highest BCUT2D eigenvalue weighted by molar-refractivity contribution is 7.98. The second-order valence-electron chi connectivity index (χ2n) is 7.59. The third-order valence-corrected chi connectivity index (χ3v) is 6.67. The van der Waals surface area contributed by atoms with Gasteiger partial charge in [-0.05, 0) is 37.1 Å². The van der Waals surface area contributed by atoms with Gasteiger partial charge in [0.2, 0.25) is 5.91 Å². The molecule has 2 aromatic rings. The Morgan fingerprint density at radius 3 is 2.56 bits per heavy atom. The number of furan rings is 1. The fraction of sp³-hybridized carbons (Fsp3) is 0.429. The molecule has 0 radical (unpaired) electrons. The molecule has 0 aliphatic carbocycles. The van der Waals surface area contributed by atoms with E-state index in [1.165, 1.54) is 4.90 Å². The van der Waals surface area contributed by atoms with Gasteiger partial charge in [-0.25, -0.2) is 0 Å². The van der Waals surface area contributed by atoms with Crippen LogP contribution in [0.15, 0.2) is 51.8 Å². The molecule has 0 N–H and O–H groups in total. The van der Waals surface area contributed by atoms with Gasteiger partial charge in [0.25, 0.3) is 5.91 Å². The Bertz CT molecular complexity index is 825. The predicted octanol–water partition coefficient (Wildman–Crippen LogP) is 3.66. The van der Waals surface area contributed by atoms with Crippen LogP contribution in [0.25, 0.3) is 0 Å². The maximum Gasteiger partial charge on any atom is 0.289 e. The van der Waals surface area contributed by atoms with Gasteiger partial charge in [-0.3, -0.25) is 9.59 Å². The molecule has 3 heterocycles. The summed E-state index contributed by atoms with van der Waals surface area (Å²) in [5.41, 5.74) is 0.0588. The predicted molar refractivity (Wildman–Crippen MR) is 105 cm³/mol. The first-order valence-corrected chi connectivity index (χ1v) is 10.3. The SMILES string of the molecule is CN1CC2(CCN(C(=O)c3ccc(CSc4ccccc4)o3)CC2)CC1=O. The maximum atomic E-state index is 12.8. The number of benzene rings is 1. The van der Waals surface area contributed by atoms with Crippen molar-refractivity contribution in [1.82, 2.24) is 9.80 Å². The summed E-state index contributed by atoms with van der Waals surface area (Å²) in [7, 11) is 1.87. The maximum absolute atomic E-state index is 12.8. The number of thioether (sulfide) groups is 1. The minimum absolute atomic E-state index is 0.0431. The van der Waals surface area contributed by atoms with E-state index in [1.807, 2.05) is 41.1 Å². The smallest absolute Gasteiger partial charge is 0.289 e. The van der Waals surface area contributed by atoms with Crippen LogP contribution in [0.5, 0.6) is 0 Å². The van der Waals surface area contributed by atoms with E-state index in [0.717, 1.165) is 25.1 Å². The molecular formula is C21H24N2O3S. The van der Waals surface area contributed by atoms with Crippen LogP contribution in [0.2, 0.25) is 0 Å². The monoisotopic (exact) mass is 384 g/mol. The molecule has 1 aromatic carbocycles. The molecule has 0 atom stereocenters. The minimum Gasteiger partial charge on any atom is -0.455 e. The summed E-state index contributed by atoms with van der Waals surface area (Å²) < 4.78 is 5.80.